The molecule has 0 aliphatic rings. The van der Waals surface area contributed by atoms with Crippen molar-refractivity contribution in [2.45, 2.75) is 20.0 Å². The smallest absolute Gasteiger partial charge is 0.413 e. The summed E-state index contributed by atoms with van der Waals surface area (Å²) in [5.74, 6) is 0.200. The highest BCUT2D eigenvalue weighted by Gasteiger charge is 2.08. The van der Waals surface area contributed by atoms with Gasteiger partial charge in [-0.1, -0.05) is 11.6 Å². The maximum Gasteiger partial charge on any atom is 0.413 e. The van der Waals surface area contributed by atoms with Crippen LogP contribution in [-0.2, 0) is 4.74 Å². The minimum Gasteiger partial charge on any atom is -0.447 e. The zero-order chi connectivity index (χ0) is 11.4. The third-order valence-electron chi connectivity index (χ3n) is 1.24. The predicted octanol–water partition coefficient (Wildman–Crippen LogP) is 2.74. The van der Waals surface area contributed by atoms with E-state index < -0.39 is 6.09 Å². The molecule has 0 aromatic carbocycles. The second kappa shape index (κ2) is 5.14. The summed E-state index contributed by atoms with van der Waals surface area (Å²) in [4.78, 5) is 18.5. The molecule has 7 heteroatoms. The van der Waals surface area contributed by atoms with E-state index in [-0.39, 0.29) is 22.4 Å². The van der Waals surface area contributed by atoms with E-state index in [9.17, 15) is 4.79 Å². The first kappa shape index (κ1) is 12.0. The van der Waals surface area contributed by atoms with Gasteiger partial charge in [0.15, 0.2) is 0 Å². The lowest BCUT2D eigenvalue weighted by atomic mass is 10.5. The van der Waals surface area contributed by atoms with Crippen LogP contribution in [0.3, 0.4) is 0 Å². The van der Waals surface area contributed by atoms with Crippen LogP contribution in [0.15, 0.2) is 6.07 Å². The van der Waals surface area contributed by atoms with Crippen molar-refractivity contribution >= 4 is 35.1 Å². The number of anilines is 1. The van der Waals surface area contributed by atoms with E-state index in [1.165, 1.54) is 6.07 Å². The molecule has 0 aliphatic heterocycles. The van der Waals surface area contributed by atoms with E-state index in [1.807, 2.05) is 0 Å². The van der Waals surface area contributed by atoms with E-state index in [2.05, 4.69) is 15.3 Å². The standard InChI is InChI=1S/C8H9Cl2N3O2/c1-4(2)15-8(14)13-6-3-5(9)11-7(10)12-6/h3-4H,1-2H3,(H,11,12,13,14). The molecule has 1 aromatic heterocycles. The van der Waals surface area contributed by atoms with Crippen LogP contribution in [0.25, 0.3) is 0 Å². The van der Waals surface area contributed by atoms with Gasteiger partial charge in [-0.15, -0.1) is 0 Å². The molecule has 0 spiro atoms. The van der Waals surface area contributed by atoms with Crippen molar-refractivity contribution in [2.24, 2.45) is 0 Å². The summed E-state index contributed by atoms with van der Waals surface area (Å²) < 4.78 is 4.84. The van der Waals surface area contributed by atoms with Crippen LogP contribution in [0.5, 0.6) is 0 Å². The maximum atomic E-state index is 11.2. The molecule has 1 aromatic rings. The van der Waals surface area contributed by atoms with Gasteiger partial charge < -0.3 is 4.74 Å². The molecule has 1 heterocycles. The van der Waals surface area contributed by atoms with Gasteiger partial charge >= 0.3 is 6.09 Å². The van der Waals surface area contributed by atoms with E-state index in [1.54, 1.807) is 13.8 Å². The number of carbonyl (C=O) groups is 1. The van der Waals surface area contributed by atoms with Gasteiger partial charge in [-0.3, -0.25) is 5.32 Å². The summed E-state index contributed by atoms with van der Waals surface area (Å²) in [6.45, 7) is 3.47. The SMILES string of the molecule is CC(C)OC(=O)Nc1cc(Cl)nc(Cl)n1. The van der Waals surface area contributed by atoms with Crippen molar-refractivity contribution in [3.8, 4) is 0 Å². The molecule has 1 rings (SSSR count). The van der Waals surface area contributed by atoms with Crippen molar-refractivity contribution < 1.29 is 9.53 Å². The van der Waals surface area contributed by atoms with Gasteiger partial charge in [0.1, 0.15) is 11.0 Å². The molecule has 1 N–H and O–H groups in total. The Morgan fingerprint density at radius 2 is 2.13 bits per heavy atom. The van der Waals surface area contributed by atoms with Crippen LogP contribution in [0.4, 0.5) is 10.6 Å². The van der Waals surface area contributed by atoms with Crippen LogP contribution in [0.2, 0.25) is 10.4 Å². The Morgan fingerprint density at radius 3 is 2.67 bits per heavy atom. The quantitative estimate of drug-likeness (QED) is 0.647. The van der Waals surface area contributed by atoms with Gasteiger partial charge in [0.05, 0.1) is 6.10 Å². The number of ether oxygens (including phenoxy) is 1. The van der Waals surface area contributed by atoms with Crippen LogP contribution >= 0.6 is 23.2 Å². The second-order valence-electron chi connectivity index (χ2n) is 2.92. The second-order valence-corrected chi connectivity index (χ2v) is 3.65. The molecule has 1 amide bonds. The Kier molecular flexibility index (Phi) is 4.11. The molecule has 0 fully saturated rings. The van der Waals surface area contributed by atoms with Crippen LogP contribution in [0, 0.1) is 0 Å². The summed E-state index contributed by atoms with van der Waals surface area (Å²) in [5, 5.41) is 2.48. The van der Waals surface area contributed by atoms with Gasteiger partial charge in [0, 0.05) is 6.07 Å². The molecule has 5 nitrogen and oxygen atoms in total. The Morgan fingerprint density at radius 1 is 1.47 bits per heavy atom. The molecule has 82 valence electrons. The Bertz CT molecular complexity index is 351. The number of amides is 1. The highest BCUT2D eigenvalue weighted by atomic mass is 35.5. The van der Waals surface area contributed by atoms with Crippen molar-refractivity contribution in [3.63, 3.8) is 0 Å². The van der Waals surface area contributed by atoms with E-state index >= 15 is 0 Å². The van der Waals surface area contributed by atoms with Crippen molar-refractivity contribution in [1.29, 1.82) is 0 Å². The van der Waals surface area contributed by atoms with E-state index in [0.29, 0.717) is 0 Å². The highest BCUT2D eigenvalue weighted by Crippen LogP contribution is 2.14. The number of nitrogens with one attached hydrogen (secondary N) is 1. The average Bonchev–Trinajstić information content (AvgIpc) is 1.98. The Balaban J connectivity index is 2.68. The molecule has 0 saturated heterocycles. The Hall–Kier alpha value is -1.07. The average molecular weight is 250 g/mol. The third-order valence-corrected chi connectivity index (χ3v) is 1.60. The lowest BCUT2D eigenvalue weighted by Crippen LogP contribution is -2.18. The van der Waals surface area contributed by atoms with Crippen LogP contribution in [0.1, 0.15) is 13.8 Å². The zero-order valence-corrected chi connectivity index (χ0v) is 9.63. The zero-order valence-electron chi connectivity index (χ0n) is 8.12. The first-order valence-corrected chi connectivity index (χ1v) is 4.90. The topological polar surface area (TPSA) is 64.1 Å². The molecule has 0 aliphatic carbocycles. The summed E-state index contributed by atoms with van der Waals surface area (Å²) >= 11 is 11.2. The lowest BCUT2D eigenvalue weighted by molar-refractivity contribution is 0.130. The maximum absolute atomic E-state index is 11.2. The fourth-order valence-corrected chi connectivity index (χ4v) is 1.21. The largest absolute Gasteiger partial charge is 0.447 e. The fraction of sp³-hybridized carbons (Fsp3) is 0.375. The number of aromatic nitrogens is 2. The van der Waals surface area contributed by atoms with Crippen LogP contribution in [-0.4, -0.2) is 22.2 Å². The normalized spacial score (nSPS) is 10.2. The summed E-state index contributed by atoms with van der Waals surface area (Å²) in [7, 11) is 0. The molecule has 0 saturated carbocycles. The van der Waals surface area contributed by atoms with Crippen molar-refractivity contribution in [2.75, 3.05) is 5.32 Å². The number of nitrogens with zero attached hydrogens (tertiary/aromatic N) is 2. The molecule has 0 atom stereocenters. The van der Waals surface area contributed by atoms with E-state index in [0.717, 1.165) is 0 Å². The number of hydrogen-bond donors (Lipinski definition) is 1. The molecule has 0 radical (unpaired) electrons. The van der Waals surface area contributed by atoms with Crippen molar-refractivity contribution in [3.05, 3.63) is 16.5 Å². The first-order valence-electron chi connectivity index (χ1n) is 4.15. The number of carbonyl (C=O) groups excluding carboxylic acids is 1. The minimum atomic E-state index is -0.615. The van der Waals surface area contributed by atoms with Gasteiger partial charge in [-0.05, 0) is 25.4 Å². The van der Waals surface area contributed by atoms with Gasteiger partial charge in [0.25, 0.3) is 0 Å². The molecule has 0 bridgehead atoms. The monoisotopic (exact) mass is 249 g/mol. The summed E-state index contributed by atoms with van der Waals surface area (Å²) in [6.07, 6.45) is -0.825. The summed E-state index contributed by atoms with van der Waals surface area (Å²) in [6, 6.07) is 1.37. The fourth-order valence-electron chi connectivity index (χ4n) is 0.802. The van der Waals surface area contributed by atoms with Gasteiger partial charge in [-0.2, -0.15) is 0 Å². The van der Waals surface area contributed by atoms with Gasteiger partial charge in [0.2, 0.25) is 5.28 Å². The van der Waals surface area contributed by atoms with Gasteiger partial charge in [-0.25, -0.2) is 14.8 Å². The number of hydrogen-bond acceptors (Lipinski definition) is 4. The first-order chi connectivity index (χ1) is 6.97. The molecular weight excluding hydrogens is 241 g/mol. The lowest BCUT2D eigenvalue weighted by Gasteiger charge is -2.08. The molecule has 0 unspecified atom stereocenters. The third kappa shape index (κ3) is 4.31. The number of halogens is 2. The minimum absolute atomic E-state index is 0.0395. The van der Waals surface area contributed by atoms with Crippen LogP contribution < -0.4 is 5.32 Å². The number of rotatable bonds is 2. The Labute approximate surface area is 96.8 Å². The molecule has 15 heavy (non-hydrogen) atoms. The summed E-state index contributed by atoms with van der Waals surface area (Å²) in [5.41, 5.74) is 0. The predicted molar refractivity (Wildman–Crippen MR) is 57.3 cm³/mol. The highest BCUT2D eigenvalue weighted by molar-refractivity contribution is 6.32. The molecular formula is C8H9Cl2N3O2. The van der Waals surface area contributed by atoms with E-state index in [4.69, 9.17) is 27.9 Å². The van der Waals surface area contributed by atoms with Crippen molar-refractivity contribution in [1.82, 2.24) is 9.97 Å².